The van der Waals surface area contributed by atoms with Crippen LogP contribution in [-0.2, 0) is 11.8 Å². The smallest absolute Gasteiger partial charge is 0.296 e. The van der Waals surface area contributed by atoms with Crippen molar-refractivity contribution in [1.82, 2.24) is 19.2 Å². The first-order valence-electron chi connectivity index (χ1n) is 7.18. The zero-order chi connectivity index (χ0) is 14.4. The monoisotopic (exact) mass is 284 g/mol. The number of ether oxygens (including phenoxy) is 1. The Balaban J connectivity index is 2.08. The first-order valence-corrected chi connectivity index (χ1v) is 7.18. The maximum atomic E-state index is 12.5. The normalized spacial score (nSPS) is 16.8. The van der Waals surface area contributed by atoms with Crippen LogP contribution in [0.5, 0.6) is 0 Å². The number of benzene rings is 1. The van der Waals surface area contributed by atoms with Crippen molar-refractivity contribution in [2.24, 2.45) is 7.05 Å². The van der Waals surface area contributed by atoms with Crippen LogP contribution in [0.25, 0.3) is 16.7 Å². The van der Waals surface area contributed by atoms with E-state index in [1.54, 1.807) is 11.6 Å². The van der Waals surface area contributed by atoms with Gasteiger partial charge in [-0.2, -0.15) is 0 Å². The summed E-state index contributed by atoms with van der Waals surface area (Å²) in [5, 5.41) is 8.46. The van der Waals surface area contributed by atoms with Crippen LogP contribution in [0.3, 0.4) is 0 Å². The Bertz CT molecular complexity index is 874. The van der Waals surface area contributed by atoms with Crippen LogP contribution >= 0.6 is 0 Å². The maximum absolute atomic E-state index is 12.5. The maximum Gasteiger partial charge on any atom is 0.296 e. The molecule has 1 aliphatic heterocycles. The Kier molecular flexibility index (Phi) is 2.78. The fourth-order valence-corrected chi connectivity index (χ4v) is 3.09. The molecule has 6 nitrogen and oxygen atoms in total. The number of hydrogen-bond donors (Lipinski definition) is 0. The molecule has 0 N–H and O–H groups in total. The van der Waals surface area contributed by atoms with Gasteiger partial charge in [0.2, 0.25) is 5.65 Å². The van der Waals surface area contributed by atoms with Crippen molar-refractivity contribution in [3.05, 3.63) is 40.4 Å². The number of para-hydroxylation sites is 2. The summed E-state index contributed by atoms with van der Waals surface area (Å²) in [5.41, 5.74) is 2.15. The second kappa shape index (κ2) is 4.66. The molecule has 1 saturated heterocycles. The average Bonchev–Trinajstić information content (AvgIpc) is 2.99. The van der Waals surface area contributed by atoms with Gasteiger partial charge in [0.1, 0.15) is 5.82 Å². The van der Waals surface area contributed by atoms with E-state index < -0.39 is 0 Å². The molecule has 0 spiro atoms. The Morgan fingerprint density at radius 1 is 1.14 bits per heavy atom. The number of nitrogens with zero attached hydrogens (tertiary/aromatic N) is 4. The van der Waals surface area contributed by atoms with Crippen LogP contribution in [-0.4, -0.2) is 32.4 Å². The molecule has 3 aromatic rings. The first-order chi connectivity index (χ1) is 10.3. The Morgan fingerprint density at radius 3 is 2.62 bits per heavy atom. The lowest BCUT2D eigenvalue weighted by Gasteiger charge is -2.21. The highest BCUT2D eigenvalue weighted by Crippen LogP contribution is 2.27. The molecule has 0 aliphatic carbocycles. The van der Waals surface area contributed by atoms with Crippen LogP contribution in [0.4, 0.5) is 0 Å². The number of hydrogen-bond acceptors (Lipinski definition) is 4. The third-order valence-corrected chi connectivity index (χ3v) is 4.25. The second-order valence-corrected chi connectivity index (χ2v) is 5.46. The largest absolute Gasteiger partial charge is 0.381 e. The van der Waals surface area contributed by atoms with Crippen LogP contribution in [0.2, 0.25) is 0 Å². The van der Waals surface area contributed by atoms with Crippen molar-refractivity contribution in [3.8, 4) is 0 Å². The molecule has 6 heteroatoms. The topological polar surface area (TPSA) is 61.4 Å². The van der Waals surface area contributed by atoms with Gasteiger partial charge in [-0.05, 0) is 25.0 Å². The van der Waals surface area contributed by atoms with E-state index >= 15 is 0 Å². The lowest BCUT2D eigenvalue weighted by Crippen LogP contribution is -2.22. The molecule has 1 fully saturated rings. The van der Waals surface area contributed by atoms with Gasteiger partial charge in [0.15, 0.2) is 0 Å². The van der Waals surface area contributed by atoms with Crippen molar-refractivity contribution in [1.29, 1.82) is 0 Å². The van der Waals surface area contributed by atoms with Crippen LogP contribution in [0, 0.1) is 0 Å². The van der Waals surface area contributed by atoms with E-state index in [4.69, 9.17) is 4.74 Å². The molecule has 21 heavy (non-hydrogen) atoms. The van der Waals surface area contributed by atoms with Crippen molar-refractivity contribution in [3.63, 3.8) is 0 Å². The molecule has 0 saturated carbocycles. The van der Waals surface area contributed by atoms with E-state index in [1.807, 2.05) is 28.7 Å². The predicted molar refractivity (Wildman–Crippen MR) is 78.5 cm³/mol. The van der Waals surface area contributed by atoms with E-state index in [0.717, 1.165) is 42.9 Å². The molecule has 2 aromatic heterocycles. The highest BCUT2D eigenvalue weighted by atomic mass is 16.5. The van der Waals surface area contributed by atoms with Gasteiger partial charge < -0.3 is 9.30 Å². The lowest BCUT2D eigenvalue weighted by atomic mass is 9.99. The van der Waals surface area contributed by atoms with Crippen molar-refractivity contribution < 1.29 is 4.74 Å². The Labute approximate surface area is 121 Å². The summed E-state index contributed by atoms with van der Waals surface area (Å²) in [6, 6.07) is 7.87. The highest BCUT2D eigenvalue weighted by molar-refractivity contribution is 5.78. The Hall–Kier alpha value is -2.21. The molecule has 4 rings (SSSR count). The van der Waals surface area contributed by atoms with Gasteiger partial charge in [-0.25, -0.2) is 0 Å². The fourth-order valence-electron chi connectivity index (χ4n) is 3.09. The number of aryl methyl sites for hydroxylation is 1. The molecular weight excluding hydrogens is 268 g/mol. The van der Waals surface area contributed by atoms with Crippen LogP contribution in [0.15, 0.2) is 29.1 Å². The number of rotatable bonds is 1. The summed E-state index contributed by atoms with van der Waals surface area (Å²) in [6.45, 7) is 1.48. The minimum atomic E-state index is -0.112. The van der Waals surface area contributed by atoms with Crippen LogP contribution in [0.1, 0.15) is 24.6 Å². The zero-order valence-corrected chi connectivity index (χ0v) is 11.8. The molecule has 3 heterocycles. The van der Waals surface area contributed by atoms with Gasteiger partial charge in [0.05, 0.1) is 11.0 Å². The van der Waals surface area contributed by atoms with Crippen molar-refractivity contribution >= 4 is 16.7 Å². The summed E-state index contributed by atoms with van der Waals surface area (Å²) < 4.78 is 8.97. The number of fused-ring (bicyclic) bond motifs is 3. The van der Waals surface area contributed by atoms with E-state index in [0.29, 0.717) is 11.6 Å². The van der Waals surface area contributed by atoms with Gasteiger partial charge in [-0.15, -0.1) is 10.2 Å². The molecule has 1 aliphatic rings. The first kappa shape index (κ1) is 12.5. The minimum absolute atomic E-state index is 0.112. The molecule has 0 radical (unpaired) electrons. The van der Waals surface area contributed by atoms with Crippen molar-refractivity contribution in [2.75, 3.05) is 13.2 Å². The van der Waals surface area contributed by atoms with E-state index in [1.165, 1.54) is 0 Å². The number of aromatic nitrogens is 4. The molecule has 0 atom stereocenters. The highest BCUT2D eigenvalue weighted by Gasteiger charge is 2.23. The quantitative estimate of drug-likeness (QED) is 0.679. The second-order valence-electron chi connectivity index (χ2n) is 5.46. The van der Waals surface area contributed by atoms with Crippen molar-refractivity contribution in [2.45, 2.75) is 18.8 Å². The van der Waals surface area contributed by atoms with E-state index in [2.05, 4.69) is 10.2 Å². The third kappa shape index (κ3) is 1.79. The van der Waals surface area contributed by atoms with Gasteiger partial charge in [0, 0.05) is 26.2 Å². The summed E-state index contributed by atoms with van der Waals surface area (Å²) in [4.78, 5) is 12.5. The van der Waals surface area contributed by atoms with Gasteiger partial charge in [0.25, 0.3) is 5.56 Å². The molecule has 0 unspecified atom stereocenters. The van der Waals surface area contributed by atoms with Gasteiger partial charge in [-0.1, -0.05) is 12.1 Å². The van der Waals surface area contributed by atoms with Gasteiger partial charge in [-0.3, -0.25) is 9.20 Å². The minimum Gasteiger partial charge on any atom is -0.381 e. The molecule has 0 bridgehead atoms. The SMILES string of the molecule is Cn1c(=O)c2nnc(C3CCOCC3)n2c2ccccc21. The van der Waals surface area contributed by atoms with Gasteiger partial charge >= 0.3 is 0 Å². The predicted octanol–water partition coefficient (Wildman–Crippen LogP) is 1.48. The summed E-state index contributed by atoms with van der Waals surface area (Å²) >= 11 is 0. The third-order valence-electron chi connectivity index (χ3n) is 4.25. The fraction of sp³-hybridized carbons (Fsp3) is 0.400. The Morgan fingerprint density at radius 2 is 1.86 bits per heavy atom. The zero-order valence-electron chi connectivity index (χ0n) is 11.8. The molecule has 1 aromatic carbocycles. The van der Waals surface area contributed by atoms with Crippen LogP contribution < -0.4 is 5.56 Å². The standard InChI is InChI=1S/C15H16N4O2/c1-18-11-4-2-3-5-12(11)19-13(10-6-8-21-9-7-10)16-17-14(19)15(18)20/h2-5,10H,6-9H2,1H3. The summed E-state index contributed by atoms with van der Waals surface area (Å²) in [7, 11) is 1.77. The molecular formula is C15H16N4O2. The summed E-state index contributed by atoms with van der Waals surface area (Å²) in [5.74, 6) is 1.17. The van der Waals surface area contributed by atoms with E-state index in [9.17, 15) is 4.79 Å². The summed E-state index contributed by atoms with van der Waals surface area (Å²) in [6.07, 6.45) is 1.84. The lowest BCUT2D eigenvalue weighted by molar-refractivity contribution is 0.0834. The average molecular weight is 284 g/mol. The molecule has 108 valence electrons. The molecule has 0 amide bonds. The van der Waals surface area contributed by atoms with E-state index in [-0.39, 0.29) is 5.56 Å².